The maximum absolute atomic E-state index is 11.8. The van der Waals surface area contributed by atoms with Gasteiger partial charge in [0, 0.05) is 32.9 Å². The van der Waals surface area contributed by atoms with Crippen molar-refractivity contribution in [3.8, 4) is 0 Å². The van der Waals surface area contributed by atoms with Crippen LogP contribution < -0.4 is 5.32 Å². The molecule has 0 bridgehead atoms. The van der Waals surface area contributed by atoms with Crippen LogP contribution in [0.5, 0.6) is 0 Å². The summed E-state index contributed by atoms with van der Waals surface area (Å²) in [6.45, 7) is 1.76. The van der Waals surface area contributed by atoms with E-state index in [9.17, 15) is 9.59 Å². The molecule has 1 aliphatic rings. The summed E-state index contributed by atoms with van der Waals surface area (Å²) in [6, 6.07) is -0.0875. The highest BCUT2D eigenvalue weighted by Gasteiger charge is 2.21. The number of hydrogen-bond donors (Lipinski definition) is 2. The third kappa shape index (κ3) is 3.72. The highest BCUT2D eigenvalue weighted by atomic mass is 16.4. The van der Waals surface area contributed by atoms with Gasteiger partial charge in [-0.05, 0) is 18.8 Å². The molecule has 20 heavy (non-hydrogen) atoms. The number of carboxylic acid groups (broad SMARTS) is 1. The maximum Gasteiger partial charge on any atom is 0.356 e. The highest BCUT2D eigenvalue weighted by molar-refractivity contribution is 5.84. The van der Waals surface area contributed by atoms with Crippen LogP contribution in [-0.2, 0) is 6.54 Å². The Hall–Kier alpha value is -2.05. The lowest BCUT2D eigenvalue weighted by atomic mass is 9.85. The van der Waals surface area contributed by atoms with E-state index < -0.39 is 5.97 Å². The number of aromatic carboxylic acids is 1. The molecule has 2 amide bonds. The van der Waals surface area contributed by atoms with Gasteiger partial charge in [0.25, 0.3) is 0 Å². The second-order valence-corrected chi connectivity index (χ2v) is 5.21. The molecule has 1 heterocycles. The first kappa shape index (κ1) is 14.4. The summed E-state index contributed by atoms with van der Waals surface area (Å²) in [6.07, 6.45) is 6.60. The lowest BCUT2D eigenvalue weighted by Crippen LogP contribution is -2.42. The van der Waals surface area contributed by atoms with Crippen LogP contribution in [0.3, 0.4) is 0 Å². The predicted molar refractivity (Wildman–Crippen MR) is 72.6 cm³/mol. The monoisotopic (exact) mass is 280 g/mol. The molecule has 0 unspecified atom stereocenters. The number of amides is 2. The summed E-state index contributed by atoms with van der Waals surface area (Å²) in [5.74, 6) is -0.398. The van der Waals surface area contributed by atoms with Crippen LogP contribution in [0.25, 0.3) is 0 Å². The Balaban J connectivity index is 1.68. The summed E-state index contributed by atoms with van der Waals surface area (Å²) in [5.41, 5.74) is 0.0124. The molecule has 110 valence electrons. The summed E-state index contributed by atoms with van der Waals surface area (Å²) in [4.78, 5) is 27.9. The molecular weight excluding hydrogens is 260 g/mol. The summed E-state index contributed by atoms with van der Waals surface area (Å²) >= 11 is 0. The van der Waals surface area contributed by atoms with E-state index in [0.29, 0.717) is 19.0 Å². The van der Waals surface area contributed by atoms with E-state index >= 15 is 0 Å². The fraction of sp³-hybridized carbons (Fsp3) is 0.615. The van der Waals surface area contributed by atoms with Crippen LogP contribution in [0.2, 0.25) is 0 Å². The number of nitrogens with zero attached hydrogens (tertiary/aromatic N) is 3. The van der Waals surface area contributed by atoms with E-state index in [0.717, 1.165) is 6.54 Å². The SMILES string of the molecule is CN(CC1CCC1)C(=O)NCCn1cnc(C(=O)O)c1. The van der Waals surface area contributed by atoms with Gasteiger partial charge in [0.15, 0.2) is 5.69 Å². The number of carbonyl (C=O) groups excluding carboxylic acids is 1. The fourth-order valence-corrected chi connectivity index (χ4v) is 2.17. The van der Waals surface area contributed by atoms with Crippen molar-refractivity contribution in [3.63, 3.8) is 0 Å². The minimum absolute atomic E-state index is 0.0124. The molecule has 0 atom stereocenters. The normalized spacial score (nSPS) is 14.7. The number of hydrogen-bond acceptors (Lipinski definition) is 3. The molecule has 0 aliphatic heterocycles. The topological polar surface area (TPSA) is 87.5 Å². The third-order valence-corrected chi connectivity index (χ3v) is 3.60. The van der Waals surface area contributed by atoms with E-state index in [1.54, 1.807) is 16.5 Å². The minimum atomic E-state index is -1.05. The summed E-state index contributed by atoms with van der Waals surface area (Å²) < 4.78 is 1.65. The van der Waals surface area contributed by atoms with Crippen LogP contribution in [0.15, 0.2) is 12.5 Å². The number of aromatic nitrogens is 2. The highest BCUT2D eigenvalue weighted by Crippen LogP contribution is 2.26. The Bertz CT molecular complexity index is 482. The number of nitrogens with one attached hydrogen (secondary N) is 1. The van der Waals surface area contributed by atoms with Crippen molar-refractivity contribution in [1.29, 1.82) is 0 Å². The molecule has 7 nitrogen and oxygen atoms in total. The molecule has 0 spiro atoms. The van der Waals surface area contributed by atoms with Gasteiger partial charge >= 0.3 is 12.0 Å². The molecule has 1 aliphatic carbocycles. The zero-order chi connectivity index (χ0) is 14.5. The average molecular weight is 280 g/mol. The molecule has 1 aromatic rings. The van der Waals surface area contributed by atoms with E-state index in [2.05, 4.69) is 10.3 Å². The number of rotatable bonds is 6. The van der Waals surface area contributed by atoms with Gasteiger partial charge < -0.3 is 19.9 Å². The van der Waals surface area contributed by atoms with Crippen molar-refractivity contribution in [2.24, 2.45) is 5.92 Å². The van der Waals surface area contributed by atoms with Gasteiger partial charge in [-0.25, -0.2) is 14.6 Å². The largest absolute Gasteiger partial charge is 0.476 e. The van der Waals surface area contributed by atoms with Crippen LogP contribution in [0.4, 0.5) is 4.79 Å². The van der Waals surface area contributed by atoms with Gasteiger partial charge in [0.05, 0.1) is 6.33 Å². The van der Waals surface area contributed by atoms with Gasteiger partial charge in [-0.2, -0.15) is 0 Å². The predicted octanol–water partition coefficient (Wildman–Crippen LogP) is 1.02. The van der Waals surface area contributed by atoms with Crippen molar-refractivity contribution in [1.82, 2.24) is 19.8 Å². The van der Waals surface area contributed by atoms with Gasteiger partial charge in [-0.3, -0.25) is 0 Å². The van der Waals surface area contributed by atoms with Gasteiger partial charge in [-0.1, -0.05) is 6.42 Å². The molecule has 2 N–H and O–H groups in total. The lowest BCUT2D eigenvalue weighted by molar-refractivity contribution is 0.0691. The molecule has 0 radical (unpaired) electrons. The summed E-state index contributed by atoms with van der Waals surface area (Å²) in [7, 11) is 1.80. The molecule has 2 rings (SSSR count). The zero-order valence-corrected chi connectivity index (χ0v) is 11.6. The van der Waals surface area contributed by atoms with E-state index in [1.165, 1.54) is 31.8 Å². The Morgan fingerprint density at radius 3 is 2.85 bits per heavy atom. The molecular formula is C13H20N4O3. The van der Waals surface area contributed by atoms with Crippen LogP contribution >= 0.6 is 0 Å². The Morgan fingerprint density at radius 1 is 1.55 bits per heavy atom. The van der Waals surface area contributed by atoms with Gasteiger partial charge in [0.2, 0.25) is 0 Å². The molecule has 0 aromatic carbocycles. The van der Waals surface area contributed by atoms with E-state index in [4.69, 9.17) is 5.11 Å². The van der Waals surface area contributed by atoms with Gasteiger partial charge in [-0.15, -0.1) is 0 Å². The Kier molecular flexibility index (Phi) is 4.60. The third-order valence-electron chi connectivity index (χ3n) is 3.60. The Labute approximate surface area is 117 Å². The molecule has 1 saturated carbocycles. The van der Waals surface area contributed by atoms with E-state index in [1.807, 2.05) is 0 Å². The second kappa shape index (κ2) is 6.40. The number of urea groups is 1. The van der Waals surface area contributed by atoms with Crippen molar-refractivity contribution in [3.05, 3.63) is 18.2 Å². The fourth-order valence-electron chi connectivity index (χ4n) is 2.17. The zero-order valence-electron chi connectivity index (χ0n) is 11.6. The van der Waals surface area contributed by atoms with Crippen LogP contribution in [0.1, 0.15) is 29.8 Å². The maximum atomic E-state index is 11.8. The minimum Gasteiger partial charge on any atom is -0.476 e. The van der Waals surface area contributed by atoms with Gasteiger partial charge in [0.1, 0.15) is 0 Å². The first-order valence-corrected chi connectivity index (χ1v) is 6.80. The standard InChI is InChI=1S/C13H20N4O3/c1-16(7-10-3-2-4-10)13(20)14-5-6-17-8-11(12(18)19)15-9-17/h8-10H,2-7H2,1H3,(H,14,20)(H,18,19). The summed E-state index contributed by atoms with van der Waals surface area (Å²) in [5, 5.41) is 11.6. The second-order valence-electron chi connectivity index (χ2n) is 5.21. The molecule has 0 saturated heterocycles. The molecule has 1 fully saturated rings. The molecule has 1 aromatic heterocycles. The lowest BCUT2D eigenvalue weighted by Gasteiger charge is -2.30. The Morgan fingerprint density at radius 2 is 2.30 bits per heavy atom. The smallest absolute Gasteiger partial charge is 0.356 e. The van der Waals surface area contributed by atoms with Crippen molar-refractivity contribution >= 4 is 12.0 Å². The number of carbonyl (C=O) groups is 2. The van der Waals surface area contributed by atoms with Crippen LogP contribution in [-0.4, -0.2) is 51.7 Å². The first-order valence-electron chi connectivity index (χ1n) is 6.80. The van der Waals surface area contributed by atoms with E-state index in [-0.39, 0.29) is 11.7 Å². The number of carboxylic acids is 1. The number of imidazole rings is 1. The van der Waals surface area contributed by atoms with Crippen molar-refractivity contribution in [2.75, 3.05) is 20.1 Å². The first-order chi connectivity index (χ1) is 9.56. The van der Waals surface area contributed by atoms with Crippen molar-refractivity contribution < 1.29 is 14.7 Å². The quantitative estimate of drug-likeness (QED) is 0.814. The van der Waals surface area contributed by atoms with Crippen LogP contribution in [0, 0.1) is 5.92 Å². The average Bonchev–Trinajstić information content (AvgIpc) is 2.82. The molecule has 7 heteroatoms. The van der Waals surface area contributed by atoms with Crippen molar-refractivity contribution in [2.45, 2.75) is 25.8 Å².